The summed E-state index contributed by atoms with van der Waals surface area (Å²) in [6.07, 6.45) is 1.95. The number of hydrogen-bond acceptors (Lipinski definition) is 3. The first-order chi connectivity index (χ1) is 7.24. The minimum Gasteiger partial charge on any atom is -0.380 e. The van der Waals surface area contributed by atoms with E-state index in [0.29, 0.717) is 6.54 Å². The fraction of sp³-hybridized carbons (Fsp3) is 0.636. The summed E-state index contributed by atoms with van der Waals surface area (Å²) in [5, 5.41) is 0. The first-order valence-corrected chi connectivity index (χ1v) is 5.33. The second-order valence-corrected chi connectivity index (χ2v) is 4.56. The molecule has 0 aromatic carbocycles. The first-order valence-electron chi connectivity index (χ1n) is 5.33. The summed E-state index contributed by atoms with van der Waals surface area (Å²) >= 11 is 0. The molecule has 3 N–H and O–H groups in total. The maximum absolute atomic E-state index is 5.78. The van der Waals surface area contributed by atoms with Crippen molar-refractivity contribution >= 4 is 0 Å². The quantitative estimate of drug-likeness (QED) is 0.739. The van der Waals surface area contributed by atoms with Gasteiger partial charge in [-0.05, 0) is 19.2 Å². The lowest BCUT2D eigenvalue weighted by atomic mass is 9.85. The number of nitrogens with zero attached hydrogens (tertiary/aromatic N) is 1. The minimum atomic E-state index is 0.196. The zero-order valence-corrected chi connectivity index (χ0v) is 9.20. The van der Waals surface area contributed by atoms with Gasteiger partial charge in [-0.3, -0.25) is 4.90 Å². The zero-order chi connectivity index (χ0) is 10.7. The standard InChI is InChI=1S/C11H19N3O/c1-14(5-10-3-2-4-13-10)7-11(6-12)8-15-9-11/h2-4,13H,5-9,12H2,1H3. The summed E-state index contributed by atoms with van der Waals surface area (Å²) in [6.45, 7) is 4.26. The smallest absolute Gasteiger partial charge is 0.0569 e. The Kier molecular flexibility index (Phi) is 3.09. The summed E-state index contributed by atoms with van der Waals surface area (Å²) in [7, 11) is 2.12. The van der Waals surface area contributed by atoms with Crippen LogP contribution in [0.25, 0.3) is 0 Å². The van der Waals surface area contributed by atoms with Crippen molar-refractivity contribution in [3.63, 3.8) is 0 Å². The van der Waals surface area contributed by atoms with Gasteiger partial charge in [-0.1, -0.05) is 0 Å². The highest BCUT2D eigenvalue weighted by molar-refractivity contribution is 5.03. The Hall–Kier alpha value is -0.840. The molecular weight excluding hydrogens is 190 g/mol. The van der Waals surface area contributed by atoms with Gasteiger partial charge in [0, 0.05) is 36.9 Å². The maximum Gasteiger partial charge on any atom is 0.0569 e. The van der Waals surface area contributed by atoms with Crippen LogP contribution in [0.15, 0.2) is 18.3 Å². The molecule has 15 heavy (non-hydrogen) atoms. The molecule has 84 valence electrons. The van der Waals surface area contributed by atoms with Crippen molar-refractivity contribution in [2.75, 3.05) is 33.4 Å². The van der Waals surface area contributed by atoms with Crippen LogP contribution < -0.4 is 5.73 Å². The lowest BCUT2D eigenvalue weighted by Gasteiger charge is -2.42. The Labute approximate surface area is 90.4 Å². The Balaban J connectivity index is 1.84. The number of aromatic amines is 1. The fourth-order valence-corrected chi connectivity index (χ4v) is 2.05. The van der Waals surface area contributed by atoms with Crippen molar-refractivity contribution in [1.82, 2.24) is 9.88 Å². The summed E-state index contributed by atoms with van der Waals surface area (Å²) in [5.41, 5.74) is 7.21. The Morgan fingerprint density at radius 1 is 1.60 bits per heavy atom. The highest BCUT2D eigenvalue weighted by Gasteiger charge is 2.38. The number of nitrogens with one attached hydrogen (secondary N) is 1. The lowest BCUT2D eigenvalue weighted by molar-refractivity contribution is -0.118. The molecule has 1 fully saturated rings. The second-order valence-electron chi connectivity index (χ2n) is 4.56. The van der Waals surface area contributed by atoms with E-state index < -0.39 is 0 Å². The number of rotatable bonds is 5. The van der Waals surface area contributed by atoms with Gasteiger partial charge in [0.1, 0.15) is 0 Å². The van der Waals surface area contributed by atoms with E-state index in [1.807, 2.05) is 12.3 Å². The average Bonchev–Trinajstić information content (AvgIpc) is 2.64. The van der Waals surface area contributed by atoms with Crippen LogP contribution in [-0.4, -0.2) is 43.2 Å². The van der Waals surface area contributed by atoms with Gasteiger partial charge in [0.25, 0.3) is 0 Å². The molecule has 4 heteroatoms. The SMILES string of the molecule is CN(Cc1ccc[nH]1)CC1(CN)COC1. The van der Waals surface area contributed by atoms with E-state index in [2.05, 4.69) is 23.0 Å². The van der Waals surface area contributed by atoms with Gasteiger partial charge < -0.3 is 15.5 Å². The third-order valence-electron chi connectivity index (χ3n) is 2.96. The molecule has 0 bridgehead atoms. The number of nitrogens with two attached hydrogens (primary N) is 1. The van der Waals surface area contributed by atoms with E-state index in [1.54, 1.807) is 0 Å². The molecule has 0 saturated carbocycles. The van der Waals surface area contributed by atoms with E-state index in [4.69, 9.17) is 10.5 Å². The van der Waals surface area contributed by atoms with Crippen molar-refractivity contribution in [3.05, 3.63) is 24.0 Å². The van der Waals surface area contributed by atoms with E-state index in [1.165, 1.54) is 5.69 Å². The normalized spacial score (nSPS) is 19.1. The number of H-pyrrole nitrogens is 1. The summed E-state index contributed by atoms with van der Waals surface area (Å²) in [6, 6.07) is 4.12. The lowest BCUT2D eigenvalue weighted by Crippen LogP contribution is -2.54. The molecule has 0 atom stereocenters. The Morgan fingerprint density at radius 3 is 2.87 bits per heavy atom. The topological polar surface area (TPSA) is 54.3 Å². The van der Waals surface area contributed by atoms with Crippen LogP contribution in [0.5, 0.6) is 0 Å². The molecule has 0 spiro atoms. The third kappa shape index (κ3) is 2.40. The van der Waals surface area contributed by atoms with Crippen molar-refractivity contribution in [2.24, 2.45) is 11.1 Å². The molecule has 4 nitrogen and oxygen atoms in total. The van der Waals surface area contributed by atoms with Gasteiger partial charge in [-0.2, -0.15) is 0 Å². The van der Waals surface area contributed by atoms with Crippen molar-refractivity contribution in [3.8, 4) is 0 Å². The summed E-state index contributed by atoms with van der Waals surface area (Å²) < 4.78 is 5.25. The second kappa shape index (κ2) is 4.35. The van der Waals surface area contributed by atoms with Crippen LogP contribution in [0, 0.1) is 5.41 Å². The van der Waals surface area contributed by atoms with Crippen LogP contribution in [-0.2, 0) is 11.3 Å². The highest BCUT2D eigenvalue weighted by atomic mass is 16.5. The van der Waals surface area contributed by atoms with Crippen molar-refractivity contribution < 1.29 is 4.74 Å². The monoisotopic (exact) mass is 209 g/mol. The minimum absolute atomic E-state index is 0.196. The summed E-state index contributed by atoms with van der Waals surface area (Å²) in [5.74, 6) is 0. The fourth-order valence-electron chi connectivity index (χ4n) is 2.05. The van der Waals surface area contributed by atoms with E-state index in [-0.39, 0.29) is 5.41 Å². The van der Waals surface area contributed by atoms with Crippen LogP contribution in [0.3, 0.4) is 0 Å². The van der Waals surface area contributed by atoms with Crippen molar-refractivity contribution in [1.29, 1.82) is 0 Å². The van der Waals surface area contributed by atoms with E-state index >= 15 is 0 Å². The van der Waals surface area contributed by atoms with Crippen LogP contribution in [0.2, 0.25) is 0 Å². The number of aromatic nitrogens is 1. The molecule has 2 heterocycles. The van der Waals surface area contributed by atoms with Crippen molar-refractivity contribution in [2.45, 2.75) is 6.54 Å². The molecule has 1 aliphatic rings. The summed E-state index contributed by atoms with van der Waals surface area (Å²) in [4.78, 5) is 5.50. The van der Waals surface area contributed by atoms with Gasteiger partial charge in [-0.25, -0.2) is 0 Å². The third-order valence-corrected chi connectivity index (χ3v) is 2.96. The molecular formula is C11H19N3O. The zero-order valence-electron chi connectivity index (χ0n) is 9.20. The van der Waals surface area contributed by atoms with E-state index in [9.17, 15) is 0 Å². The van der Waals surface area contributed by atoms with E-state index in [0.717, 1.165) is 26.3 Å². The molecule has 1 aliphatic heterocycles. The van der Waals surface area contributed by atoms with Gasteiger partial charge >= 0.3 is 0 Å². The highest BCUT2D eigenvalue weighted by Crippen LogP contribution is 2.27. The Morgan fingerprint density at radius 2 is 2.40 bits per heavy atom. The van der Waals surface area contributed by atoms with Gasteiger partial charge in [-0.15, -0.1) is 0 Å². The van der Waals surface area contributed by atoms with Crippen LogP contribution in [0.1, 0.15) is 5.69 Å². The molecule has 1 saturated heterocycles. The maximum atomic E-state index is 5.78. The number of hydrogen-bond donors (Lipinski definition) is 2. The van der Waals surface area contributed by atoms with Gasteiger partial charge in [0.05, 0.1) is 13.2 Å². The first kappa shape index (κ1) is 10.7. The number of ether oxygens (including phenoxy) is 1. The average molecular weight is 209 g/mol. The molecule has 1 aromatic rings. The predicted octanol–water partition coefficient (Wildman–Crippen LogP) is 0.422. The Bertz CT molecular complexity index is 287. The van der Waals surface area contributed by atoms with Crippen LogP contribution >= 0.6 is 0 Å². The van der Waals surface area contributed by atoms with Gasteiger partial charge in [0.2, 0.25) is 0 Å². The molecule has 0 aliphatic carbocycles. The van der Waals surface area contributed by atoms with Crippen LogP contribution in [0.4, 0.5) is 0 Å². The molecule has 0 radical (unpaired) electrons. The predicted molar refractivity (Wildman–Crippen MR) is 59.4 cm³/mol. The molecule has 1 aromatic heterocycles. The largest absolute Gasteiger partial charge is 0.380 e. The molecule has 0 unspecified atom stereocenters. The molecule has 2 rings (SSSR count). The molecule has 0 amide bonds. The van der Waals surface area contributed by atoms with Gasteiger partial charge in [0.15, 0.2) is 0 Å².